The summed E-state index contributed by atoms with van der Waals surface area (Å²) in [4.78, 5) is 3.47. The maximum Gasteiger partial charge on any atom is 0.0981 e. The first-order valence-corrected chi connectivity index (χ1v) is 5.87. The highest BCUT2D eigenvalue weighted by Crippen LogP contribution is 2.25. The minimum Gasteiger partial charge on any atom is -0.283 e. The summed E-state index contributed by atoms with van der Waals surface area (Å²) in [6, 6.07) is 6.40. The highest BCUT2D eigenvalue weighted by Gasteiger charge is 2.24. The topological polar surface area (TPSA) is 27.0 Å². The molecule has 2 heterocycles. The lowest BCUT2D eigenvalue weighted by molar-refractivity contribution is 0.289. The number of nitriles is 1. The van der Waals surface area contributed by atoms with E-state index in [2.05, 4.69) is 11.0 Å². The summed E-state index contributed by atoms with van der Waals surface area (Å²) in [5, 5.41) is 8.91. The zero-order chi connectivity index (χ0) is 9.97. The second-order valence-electron chi connectivity index (χ2n) is 3.46. The van der Waals surface area contributed by atoms with Gasteiger partial charge in [0, 0.05) is 11.4 Å². The van der Waals surface area contributed by atoms with E-state index in [0.29, 0.717) is 0 Å². The Hall–Kier alpha value is -0.560. The number of thiophene rings is 1. The lowest BCUT2D eigenvalue weighted by atomic mass is 10.2. The van der Waals surface area contributed by atoms with Crippen molar-refractivity contribution in [3.05, 3.63) is 21.3 Å². The summed E-state index contributed by atoms with van der Waals surface area (Å²) < 4.78 is 0.827. The van der Waals surface area contributed by atoms with Crippen molar-refractivity contribution < 1.29 is 0 Å². The van der Waals surface area contributed by atoms with Crippen LogP contribution in [0.1, 0.15) is 17.7 Å². The second kappa shape index (κ2) is 4.31. The van der Waals surface area contributed by atoms with Gasteiger partial charge in [-0.1, -0.05) is 11.6 Å². The largest absolute Gasteiger partial charge is 0.283 e. The predicted octanol–water partition coefficient (Wildman–Crippen LogP) is 2.89. The Kier molecular flexibility index (Phi) is 3.07. The van der Waals surface area contributed by atoms with Crippen LogP contribution < -0.4 is 0 Å². The number of nitrogens with zero attached hydrogens (tertiary/aromatic N) is 2. The third-order valence-electron chi connectivity index (χ3n) is 2.50. The van der Waals surface area contributed by atoms with Crippen molar-refractivity contribution in [2.24, 2.45) is 0 Å². The van der Waals surface area contributed by atoms with Crippen molar-refractivity contribution in [1.29, 1.82) is 5.26 Å². The SMILES string of the molecule is N#CC1CCCN1Cc1ccc(Cl)s1. The number of hydrogen-bond acceptors (Lipinski definition) is 3. The van der Waals surface area contributed by atoms with Gasteiger partial charge < -0.3 is 0 Å². The molecule has 0 spiro atoms. The number of halogens is 1. The molecule has 74 valence electrons. The van der Waals surface area contributed by atoms with Crippen LogP contribution in [0.15, 0.2) is 12.1 Å². The lowest BCUT2D eigenvalue weighted by Crippen LogP contribution is -2.26. The molecule has 4 heteroatoms. The van der Waals surface area contributed by atoms with Gasteiger partial charge in [-0.3, -0.25) is 4.90 Å². The molecule has 2 nitrogen and oxygen atoms in total. The van der Waals surface area contributed by atoms with Gasteiger partial charge in [0.1, 0.15) is 0 Å². The molecule has 0 amide bonds. The molecule has 2 rings (SSSR count). The van der Waals surface area contributed by atoms with Crippen molar-refractivity contribution in [1.82, 2.24) is 4.90 Å². The van der Waals surface area contributed by atoms with E-state index in [-0.39, 0.29) is 6.04 Å². The molecular formula is C10H11ClN2S. The Balaban J connectivity index is 2.01. The Morgan fingerprint density at radius 1 is 1.64 bits per heavy atom. The molecule has 1 saturated heterocycles. The van der Waals surface area contributed by atoms with Gasteiger partial charge in [0.2, 0.25) is 0 Å². The fraction of sp³-hybridized carbons (Fsp3) is 0.500. The van der Waals surface area contributed by atoms with Crippen LogP contribution in [-0.2, 0) is 6.54 Å². The molecule has 0 radical (unpaired) electrons. The smallest absolute Gasteiger partial charge is 0.0981 e. The fourth-order valence-corrected chi connectivity index (χ4v) is 2.91. The first-order valence-electron chi connectivity index (χ1n) is 4.67. The molecule has 0 N–H and O–H groups in total. The molecular weight excluding hydrogens is 216 g/mol. The van der Waals surface area contributed by atoms with Gasteiger partial charge in [-0.25, -0.2) is 0 Å². The summed E-state index contributed by atoms with van der Waals surface area (Å²) in [5.74, 6) is 0. The van der Waals surface area contributed by atoms with Crippen molar-refractivity contribution >= 4 is 22.9 Å². The van der Waals surface area contributed by atoms with Crippen LogP contribution in [0.5, 0.6) is 0 Å². The highest BCUT2D eigenvalue weighted by atomic mass is 35.5. The molecule has 1 unspecified atom stereocenters. The number of likely N-dealkylation sites (tertiary alicyclic amines) is 1. The maximum atomic E-state index is 8.91. The van der Waals surface area contributed by atoms with Crippen molar-refractivity contribution in [2.75, 3.05) is 6.54 Å². The molecule has 1 aromatic heterocycles. The zero-order valence-corrected chi connectivity index (χ0v) is 9.31. The van der Waals surface area contributed by atoms with E-state index in [0.717, 1.165) is 30.3 Å². The van der Waals surface area contributed by atoms with Crippen LogP contribution in [0.4, 0.5) is 0 Å². The predicted molar refractivity (Wildman–Crippen MR) is 58.4 cm³/mol. The maximum absolute atomic E-state index is 8.91. The minimum atomic E-state index is 0.107. The van der Waals surface area contributed by atoms with E-state index >= 15 is 0 Å². The van der Waals surface area contributed by atoms with Crippen LogP contribution in [-0.4, -0.2) is 17.5 Å². The average Bonchev–Trinajstić information content (AvgIpc) is 2.76. The first-order chi connectivity index (χ1) is 6.79. The van der Waals surface area contributed by atoms with E-state index in [9.17, 15) is 0 Å². The van der Waals surface area contributed by atoms with E-state index in [1.54, 1.807) is 11.3 Å². The summed E-state index contributed by atoms with van der Waals surface area (Å²) in [5.41, 5.74) is 0. The summed E-state index contributed by atoms with van der Waals surface area (Å²) in [6.45, 7) is 1.91. The van der Waals surface area contributed by atoms with E-state index in [1.165, 1.54) is 4.88 Å². The van der Waals surface area contributed by atoms with E-state index in [4.69, 9.17) is 16.9 Å². The van der Waals surface area contributed by atoms with Gasteiger partial charge in [-0.15, -0.1) is 11.3 Å². The third-order valence-corrected chi connectivity index (χ3v) is 3.72. The number of rotatable bonds is 2. The van der Waals surface area contributed by atoms with Gasteiger partial charge in [-0.2, -0.15) is 5.26 Å². The van der Waals surface area contributed by atoms with E-state index < -0.39 is 0 Å². The molecule has 1 fully saturated rings. The van der Waals surface area contributed by atoms with Crippen LogP contribution in [0, 0.1) is 11.3 Å². The monoisotopic (exact) mass is 226 g/mol. The normalized spacial score (nSPS) is 22.4. The van der Waals surface area contributed by atoms with Crippen LogP contribution in [0.25, 0.3) is 0 Å². The molecule has 14 heavy (non-hydrogen) atoms. The van der Waals surface area contributed by atoms with Gasteiger partial charge in [-0.05, 0) is 31.5 Å². The van der Waals surface area contributed by atoms with Gasteiger partial charge in [0.05, 0.1) is 16.4 Å². The Bertz CT molecular complexity index is 355. The quantitative estimate of drug-likeness (QED) is 0.776. The lowest BCUT2D eigenvalue weighted by Gasteiger charge is -2.17. The Labute approximate surface area is 92.7 Å². The fourth-order valence-electron chi connectivity index (χ4n) is 1.80. The Morgan fingerprint density at radius 2 is 2.50 bits per heavy atom. The third kappa shape index (κ3) is 2.09. The molecule has 1 aromatic rings. The summed E-state index contributed by atoms with van der Waals surface area (Å²) >= 11 is 7.45. The van der Waals surface area contributed by atoms with Crippen LogP contribution in [0.2, 0.25) is 4.34 Å². The summed E-state index contributed by atoms with van der Waals surface area (Å²) in [6.07, 6.45) is 2.15. The molecule has 0 saturated carbocycles. The highest BCUT2D eigenvalue weighted by molar-refractivity contribution is 7.16. The zero-order valence-electron chi connectivity index (χ0n) is 7.74. The van der Waals surface area contributed by atoms with Crippen LogP contribution >= 0.6 is 22.9 Å². The molecule has 0 bridgehead atoms. The molecule has 1 atom stereocenters. The van der Waals surface area contributed by atoms with Crippen LogP contribution in [0.3, 0.4) is 0 Å². The molecule has 0 aromatic carbocycles. The van der Waals surface area contributed by atoms with Gasteiger partial charge in [0.15, 0.2) is 0 Å². The average molecular weight is 227 g/mol. The first kappa shape index (κ1) is 9.97. The van der Waals surface area contributed by atoms with Gasteiger partial charge in [0.25, 0.3) is 0 Å². The number of hydrogen-bond donors (Lipinski definition) is 0. The van der Waals surface area contributed by atoms with Crippen molar-refractivity contribution in [3.8, 4) is 6.07 Å². The second-order valence-corrected chi connectivity index (χ2v) is 5.26. The van der Waals surface area contributed by atoms with E-state index in [1.807, 2.05) is 12.1 Å². The molecule has 1 aliphatic heterocycles. The van der Waals surface area contributed by atoms with Crippen molar-refractivity contribution in [2.45, 2.75) is 25.4 Å². The molecule has 0 aliphatic carbocycles. The minimum absolute atomic E-state index is 0.107. The standard InChI is InChI=1S/C10H11ClN2S/c11-10-4-3-9(14-10)7-13-5-1-2-8(13)6-12/h3-4,8H,1-2,5,7H2. The van der Waals surface area contributed by atoms with Gasteiger partial charge >= 0.3 is 0 Å². The Morgan fingerprint density at radius 3 is 3.14 bits per heavy atom. The summed E-state index contributed by atoms with van der Waals surface area (Å²) in [7, 11) is 0. The van der Waals surface area contributed by atoms with Crippen molar-refractivity contribution in [3.63, 3.8) is 0 Å². The molecule has 1 aliphatic rings.